The third-order valence-electron chi connectivity index (χ3n) is 2.57. The van der Waals surface area contributed by atoms with Crippen molar-refractivity contribution in [2.45, 2.75) is 13.2 Å². The molecule has 0 aromatic heterocycles. The second-order valence-electron chi connectivity index (χ2n) is 3.90. The molecule has 1 N–H and O–H groups in total. The molecule has 0 radical (unpaired) electrons. The molecule has 0 aliphatic rings. The number of hydrogen-bond acceptors (Lipinski definition) is 3. The van der Waals surface area contributed by atoms with Crippen molar-refractivity contribution in [1.82, 2.24) is 0 Å². The highest BCUT2D eigenvalue weighted by Gasteiger charge is 1.98. The van der Waals surface area contributed by atoms with Crippen molar-refractivity contribution in [2.75, 3.05) is 0 Å². The van der Waals surface area contributed by atoms with Gasteiger partial charge in [0, 0.05) is 0 Å². The molecular formula is C15H13NO2. The maximum atomic E-state index is 8.93. The van der Waals surface area contributed by atoms with E-state index < -0.39 is 0 Å². The first kappa shape index (κ1) is 12.2. The van der Waals surface area contributed by atoms with Crippen LogP contribution in [-0.2, 0) is 13.2 Å². The van der Waals surface area contributed by atoms with E-state index >= 15 is 0 Å². The van der Waals surface area contributed by atoms with E-state index in [2.05, 4.69) is 6.07 Å². The fourth-order valence-electron chi connectivity index (χ4n) is 1.56. The van der Waals surface area contributed by atoms with Gasteiger partial charge in [0.05, 0.1) is 18.2 Å². The van der Waals surface area contributed by atoms with E-state index in [1.54, 1.807) is 18.2 Å². The maximum Gasteiger partial charge on any atom is 0.121 e. The predicted molar refractivity (Wildman–Crippen MR) is 67.9 cm³/mol. The minimum atomic E-state index is 0.0470. The van der Waals surface area contributed by atoms with Crippen LogP contribution >= 0.6 is 0 Å². The van der Waals surface area contributed by atoms with Gasteiger partial charge in [-0.25, -0.2) is 0 Å². The smallest absolute Gasteiger partial charge is 0.121 e. The monoisotopic (exact) mass is 239 g/mol. The van der Waals surface area contributed by atoms with Crippen LogP contribution in [0.15, 0.2) is 48.5 Å². The highest BCUT2D eigenvalue weighted by atomic mass is 16.5. The summed E-state index contributed by atoms with van der Waals surface area (Å²) >= 11 is 0. The number of rotatable bonds is 4. The first-order valence-electron chi connectivity index (χ1n) is 5.63. The van der Waals surface area contributed by atoms with Gasteiger partial charge in [0.25, 0.3) is 0 Å². The normalized spacial score (nSPS) is 9.78. The van der Waals surface area contributed by atoms with Crippen molar-refractivity contribution < 1.29 is 9.84 Å². The first-order chi connectivity index (χ1) is 8.81. The quantitative estimate of drug-likeness (QED) is 0.892. The topological polar surface area (TPSA) is 53.2 Å². The summed E-state index contributed by atoms with van der Waals surface area (Å²) in [5, 5.41) is 17.7. The zero-order valence-electron chi connectivity index (χ0n) is 9.84. The van der Waals surface area contributed by atoms with Crippen LogP contribution in [0.5, 0.6) is 5.75 Å². The van der Waals surface area contributed by atoms with Crippen LogP contribution in [0.4, 0.5) is 0 Å². The molecule has 3 heteroatoms. The number of nitriles is 1. The van der Waals surface area contributed by atoms with Gasteiger partial charge in [0.2, 0.25) is 0 Å². The summed E-state index contributed by atoms with van der Waals surface area (Å²) in [6, 6.07) is 16.7. The SMILES string of the molecule is N#Cc1cccc(OCc2ccc(CO)cc2)c1. The van der Waals surface area contributed by atoms with E-state index in [1.165, 1.54) is 0 Å². The van der Waals surface area contributed by atoms with Crippen LogP contribution in [0.25, 0.3) is 0 Å². The lowest BCUT2D eigenvalue weighted by Crippen LogP contribution is -1.96. The summed E-state index contributed by atoms with van der Waals surface area (Å²) < 4.78 is 5.59. The molecule has 3 nitrogen and oxygen atoms in total. The molecule has 0 aliphatic heterocycles. The standard InChI is InChI=1S/C15H13NO2/c16-9-14-2-1-3-15(8-14)18-11-13-6-4-12(10-17)5-7-13/h1-8,17H,10-11H2. The summed E-state index contributed by atoms with van der Waals surface area (Å²) in [7, 11) is 0. The number of aliphatic hydroxyl groups excluding tert-OH is 1. The molecule has 2 aromatic carbocycles. The third kappa shape index (κ3) is 3.09. The minimum absolute atomic E-state index is 0.0470. The van der Waals surface area contributed by atoms with Crippen LogP contribution < -0.4 is 4.74 Å². The van der Waals surface area contributed by atoms with Gasteiger partial charge >= 0.3 is 0 Å². The fraction of sp³-hybridized carbons (Fsp3) is 0.133. The molecule has 18 heavy (non-hydrogen) atoms. The second-order valence-corrected chi connectivity index (χ2v) is 3.90. The van der Waals surface area contributed by atoms with E-state index in [9.17, 15) is 0 Å². The summed E-state index contributed by atoms with van der Waals surface area (Å²) in [5.41, 5.74) is 2.49. The van der Waals surface area contributed by atoms with E-state index in [1.807, 2.05) is 30.3 Å². The van der Waals surface area contributed by atoms with Gasteiger partial charge in [0.15, 0.2) is 0 Å². The molecule has 0 heterocycles. The van der Waals surface area contributed by atoms with Gasteiger partial charge in [-0.15, -0.1) is 0 Å². The van der Waals surface area contributed by atoms with Gasteiger partial charge in [0.1, 0.15) is 12.4 Å². The van der Waals surface area contributed by atoms with Gasteiger partial charge in [-0.3, -0.25) is 0 Å². The Kier molecular flexibility index (Phi) is 3.95. The lowest BCUT2D eigenvalue weighted by molar-refractivity contribution is 0.281. The molecule has 0 atom stereocenters. The highest BCUT2D eigenvalue weighted by Crippen LogP contribution is 2.15. The zero-order valence-corrected chi connectivity index (χ0v) is 9.84. The van der Waals surface area contributed by atoms with Crippen LogP contribution in [0.2, 0.25) is 0 Å². The zero-order chi connectivity index (χ0) is 12.8. The molecule has 0 bridgehead atoms. The van der Waals surface area contributed by atoms with Crippen molar-refractivity contribution in [3.8, 4) is 11.8 Å². The lowest BCUT2D eigenvalue weighted by Gasteiger charge is -2.06. The van der Waals surface area contributed by atoms with Gasteiger partial charge in [-0.1, -0.05) is 30.3 Å². The molecule has 0 fully saturated rings. The number of aliphatic hydroxyl groups is 1. The summed E-state index contributed by atoms with van der Waals surface area (Å²) in [5.74, 6) is 0.681. The van der Waals surface area contributed by atoms with Crippen LogP contribution in [0, 0.1) is 11.3 Å². The van der Waals surface area contributed by atoms with Crippen LogP contribution in [0.1, 0.15) is 16.7 Å². The predicted octanol–water partition coefficient (Wildman–Crippen LogP) is 2.63. The minimum Gasteiger partial charge on any atom is -0.489 e. The van der Waals surface area contributed by atoms with Gasteiger partial charge < -0.3 is 9.84 Å². The van der Waals surface area contributed by atoms with Crippen molar-refractivity contribution in [3.05, 3.63) is 65.2 Å². The highest BCUT2D eigenvalue weighted by molar-refractivity contribution is 5.36. The van der Waals surface area contributed by atoms with Crippen LogP contribution in [-0.4, -0.2) is 5.11 Å². The maximum absolute atomic E-state index is 8.93. The molecule has 2 aromatic rings. The largest absolute Gasteiger partial charge is 0.489 e. The van der Waals surface area contributed by atoms with Crippen molar-refractivity contribution in [1.29, 1.82) is 5.26 Å². The van der Waals surface area contributed by atoms with Crippen molar-refractivity contribution in [2.24, 2.45) is 0 Å². The van der Waals surface area contributed by atoms with E-state index in [4.69, 9.17) is 15.1 Å². The summed E-state index contributed by atoms with van der Waals surface area (Å²) in [6.07, 6.45) is 0. The van der Waals surface area contributed by atoms with Crippen LogP contribution in [0.3, 0.4) is 0 Å². The molecular weight excluding hydrogens is 226 g/mol. The Hall–Kier alpha value is -2.31. The number of benzene rings is 2. The fourth-order valence-corrected chi connectivity index (χ4v) is 1.56. The molecule has 2 rings (SSSR count). The number of hydrogen-bond donors (Lipinski definition) is 1. The molecule has 90 valence electrons. The average Bonchev–Trinajstić information content (AvgIpc) is 2.46. The lowest BCUT2D eigenvalue weighted by atomic mass is 10.1. The number of ether oxygens (including phenoxy) is 1. The van der Waals surface area contributed by atoms with Gasteiger partial charge in [-0.2, -0.15) is 5.26 Å². The van der Waals surface area contributed by atoms with E-state index in [0.29, 0.717) is 17.9 Å². The van der Waals surface area contributed by atoms with E-state index in [0.717, 1.165) is 11.1 Å². The second kappa shape index (κ2) is 5.85. The Balaban J connectivity index is 2.00. The Morgan fingerprint density at radius 1 is 1.06 bits per heavy atom. The molecule has 0 aliphatic carbocycles. The average molecular weight is 239 g/mol. The molecule has 0 saturated carbocycles. The van der Waals surface area contributed by atoms with Crippen molar-refractivity contribution >= 4 is 0 Å². The Morgan fingerprint density at radius 3 is 2.44 bits per heavy atom. The van der Waals surface area contributed by atoms with E-state index in [-0.39, 0.29) is 6.61 Å². The van der Waals surface area contributed by atoms with Crippen molar-refractivity contribution in [3.63, 3.8) is 0 Å². The first-order valence-corrected chi connectivity index (χ1v) is 5.63. The summed E-state index contributed by atoms with van der Waals surface area (Å²) in [4.78, 5) is 0. The third-order valence-corrected chi connectivity index (χ3v) is 2.57. The Labute approximate surface area is 106 Å². The van der Waals surface area contributed by atoms with Gasteiger partial charge in [-0.05, 0) is 29.3 Å². The Bertz CT molecular complexity index is 555. The number of nitrogens with zero attached hydrogens (tertiary/aromatic N) is 1. The molecule has 0 saturated heterocycles. The summed E-state index contributed by atoms with van der Waals surface area (Å²) in [6.45, 7) is 0.492. The molecule has 0 spiro atoms. The Morgan fingerprint density at radius 2 is 1.78 bits per heavy atom. The molecule has 0 unspecified atom stereocenters. The molecule has 0 amide bonds.